The van der Waals surface area contributed by atoms with Crippen molar-refractivity contribution in [3.63, 3.8) is 0 Å². The van der Waals surface area contributed by atoms with Gasteiger partial charge in [0, 0.05) is 35.8 Å². The maximum absolute atomic E-state index is 13.7. The second kappa shape index (κ2) is 12.4. The highest BCUT2D eigenvalue weighted by molar-refractivity contribution is 14.1. The number of aliphatic hydroxyl groups is 1. The molecule has 2 amide bonds. The third-order valence-electron chi connectivity index (χ3n) is 5.25. The Morgan fingerprint density at radius 3 is 2.64 bits per heavy atom. The maximum Gasteiger partial charge on any atom is 0.234 e. The fourth-order valence-electron chi connectivity index (χ4n) is 3.70. The first kappa shape index (κ1) is 25.5. The van der Waals surface area contributed by atoms with Crippen LogP contribution < -0.4 is 16.0 Å². The molecule has 0 unspecified atom stereocenters. The lowest BCUT2D eigenvalue weighted by Gasteiger charge is -2.28. The molecule has 10 heteroatoms. The number of carbonyl (C=O) groups excluding carboxylic acids is 2. The molecule has 4 N–H and O–H groups in total. The van der Waals surface area contributed by atoms with Crippen LogP contribution in [0.15, 0.2) is 42.5 Å². The Morgan fingerprint density at radius 2 is 1.94 bits per heavy atom. The average molecular weight is 572 g/mol. The highest BCUT2D eigenvalue weighted by Crippen LogP contribution is 2.12. The van der Waals surface area contributed by atoms with E-state index in [4.69, 9.17) is 0 Å². The van der Waals surface area contributed by atoms with Crippen LogP contribution in [0.25, 0.3) is 0 Å². The quantitative estimate of drug-likeness (QED) is 0.321. The molecule has 0 aliphatic carbocycles. The zero-order valence-electron chi connectivity index (χ0n) is 18.0. The van der Waals surface area contributed by atoms with Crippen LogP contribution in [0.5, 0.6) is 0 Å². The average Bonchev–Trinajstić information content (AvgIpc) is 2.72. The third kappa shape index (κ3) is 8.61. The maximum atomic E-state index is 13.7. The fraction of sp³-hybridized carbons (Fsp3) is 0.391. The van der Waals surface area contributed by atoms with Crippen LogP contribution >= 0.6 is 22.6 Å². The highest BCUT2D eigenvalue weighted by Gasteiger charge is 2.25. The van der Waals surface area contributed by atoms with Crippen LogP contribution in [0.2, 0.25) is 0 Å². The van der Waals surface area contributed by atoms with Crippen molar-refractivity contribution in [1.82, 2.24) is 20.9 Å². The minimum atomic E-state index is -1.01. The smallest absolute Gasteiger partial charge is 0.234 e. The van der Waals surface area contributed by atoms with Gasteiger partial charge in [-0.3, -0.25) is 14.5 Å². The van der Waals surface area contributed by atoms with Crippen molar-refractivity contribution in [2.24, 2.45) is 0 Å². The molecule has 0 bridgehead atoms. The zero-order valence-corrected chi connectivity index (χ0v) is 20.1. The molecular weight excluding hydrogens is 545 g/mol. The number of amides is 2. The fourth-order valence-corrected chi connectivity index (χ4v) is 4.31. The summed E-state index contributed by atoms with van der Waals surface area (Å²) in [4.78, 5) is 25.9. The molecule has 2 aromatic carbocycles. The SMILES string of the molecule is O=C1CN(CC(=O)N[C@@H](Cc2cc(F)cc(F)c2)[C@H](O)CNCc2cccc(I)c2)CCN1. The molecule has 33 heavy (non-hydrogen) atoms. The van der Waals surface area contributed by atoms with Crippen LogP contribution in [0.4, 0.5) is 8.78 Å². The Morgan fingerprint density at radius 1 is 1.18 bits per heavy atom. The Kier molecular flexibility index (Phi) is 9.53. The summed E-state index contributed by atoms with van der Waals surface area (Å²) in [6.07, 6.45) is -0.958. The molecule has 7 nitrogen and oxygen atoms in total. The summed E-state index contributed by atoms with van der Waals surface area (Å²) in [5.41, 5.74) is 1.37. The summed E-state index contributed by atoms with van der Waals surface area (Å²) >= 11 is 2.22. The van der Waals surface area contributed by atoms with E-state index in [2.05, 4.69) is 38.5 Å². The van der Waals surface area contributed by atoms with E-state index >= 15 is 0 Å². The third-order valence-corrected chi connectivity index (χ3v) is 5.92. The second-order valence-electron chi connectivity index (χ2n) is 8.04. The number of benzene rings is 2. The second-order valence-corrected chi connectivity index (χ2v) is 9.29. The van der Waals surface area contributed by atoms with Crippen LogP contribution in [0, 0.1) is 15.2 Å². The predicted molar refractivity (Wildman–Crippen MR) is 128 cm³/mol. The Balaban J connectivity index is 1.62. The van der Waals surface area contributed by atoms with E-state index in [9.17, 15) is 23.5 Å². The molecule has 178 valence electrons. The molecule has 2 atom stereocenters. The number of halogens is 3. The van der Waals surface area contributed by atoms with Crippen LogP contribution in [0.3, 0.4) is 0 Å². The topological polar surface area (TPSA) is 93.7 Å². The van der Waals surface area contributed by atoms with E-state index < -0.39 is 23.8 Å². The van der Waals surface area contributed by atoms with Gasteiger partial charge in [-0.05, 0) is 64.4 Å². The van der Waals surface area contributed by atoms with Crippen molar-refractivity contribution in [3.8, 4) is 0 Å². The standard InChI is InChI=1S/C23H27F2IN4O3/c24-17-6-16(7-18(25)10-17)9-20(29-23(33)14-30-5-4-28-22(32)13-30)21(31)12-27-11-15-2-1-3-19(26)8-15/h1-3,6-8,10,20-21,27,31H,4-5,9,11-14H2,(H,28,32)(H,29,33)/t20-,21+/m0/s1. The number of rotatable bonds is 10. The molecule has 1 saturated heterocycles. The molecule has 0 spiro atoms. The highest BCUT2D eigenvalue weighted by atomic mass is 127. The van der Waals surface area contributed by atoms with Gasteiger partial charge in [-0.25, -0.2) is 8.78 Å². The number of hydrogen-bond acceptors (Lipinski definition) is 5. The van der Waals surface area contributed by atoms with Gasteiger partial charge in [0.25, 0.3) is 0 Å². The van der Waals surface area contributed by atoms with Gasteiger partial charge in [0.1, 0.15) is 11.6 Å². The van der Waals surface area contributed by atoms with E-state index in [0.717, 1.165) is 15.2 Å². The predicted octanol–water partition coefficient (Wildman–Crippen LogP) is 1.18. The number of carbonyl (C=O) groups is 2. The summed E-state index contributed by atoms with van der Waals surface area (Å²) in [5, 5.41) is 19.4. The molecule has 1 aliphatic rings. The largest absolute Gasteiger partial charge is 0.390 e. The first-order valence-electron chi connectivity index (χ1n) is 10.6. The Bertz CT molecular complexity index is 958. The minimum absolute atomic E-state index is 0.00989. The molecule has 0 radical (unpaired) electrons. The van der Waals surface area contributed by atoms with Crippen molar-refractivity contribution < 1.29 is 23.5 Å². The van der Waals surface area contributed by atoms with E-state index in [1.54, 1.807) is 4.90 Å². The van der Waals surface area contributed by atoms with E-state index in [0.29, 0.717) is 25.2 Å². The number of hydrogen-bond donors (Lipinski definition) is 4. The van der Waals surface area contributed by atoms with Gasteiger partial charge < -0.3 is 21.1 Å². The van der Waals surface area contributed by atoms with Crippen LogP contribution in [-0.2, 0) is 22.6 Å². The lowest BCUT2D eigenvalue weighted by molar-refractivity contribution is -0.127. The number of nitrogens with one attached hydrogen (secondary N) is 3. The van der Waals surface area contributed by atoms with Gasteiger partial charge in [-0.15, -0.1) is 0 Å². The van der Waals surface area contributed by atoms with Crippen molar-refractivity contribution in [2.45, 2.75) is 25.1 Å². The van der Waals surface area contributed by atoms with Gasteiger partial charge in [0.05, 0.1) is 25.2 Å². The summed E-state index contributed by atoms with van der Waals surface area (Å²) in [5.74, 6) is -1.97. The molecule has 1 heterocycles. The number of aliphatic hydroxyl groups excluding tert-OH is 1. The first-order chi connectivity index (χ1) is 15.8. The summed E-state index contributed by atoms with van der Waals surface area (Å²) in [7, 11) is 0. The summed E-state index contributed by atoms with van der Waals surface area (Å²) in [6.45, 7) is 1.80. The van der Waals surface area contributed by atoms with Crippen molar-refractivity contribution in [3.05, 3.63) is 68.8 Å². The van der Waals surface area contributed by atoms with Gasteiger partial charge in [0.2, 0.25) is 11.8 Å². The normalized spacial score (nSPS) is 16.2. The van der Waals surface area contributed by atoms with Crippen LogP contribution in [0.1, 0.15) is 11.1 Å². The number of nitrogens with zero attached hydrogens (tertiary/aromatic N) is 1. The van der Waals surface area contributed by atoms with Crippen molar-refractivity contribution in [1.29, 1.82) is 0 Å². The Hall–Kier alpha value is -2.15. The zero-order chi connectivity index (χ0) is 23.8. The van der Waals surface area contributed by atoms with Crippen molar-refractivity contribution in [2.75, 3.05) is 32.7 Å². The minimum Gasteiger partial charge on any atom is -0.390 e. The van der Waals surface area contributed by atoms with E-state index in [-0.39, 0.29) is 37.9 Å². The van der Waals surface area contributed by atoms with Crippen LogP contribution in [-0.4, -0.2) is 66.7 Å². The summed E-state index contributed by atoms with van der Waals surface area (Å²) in [6, 6.07) is 10.3. The molecule has 1 fully saturated rings. The number of piperazine rings is 1. The van der Waals surface area contributed by atoms with Crippen molar-refractivity contribution >= 4 is 34.4 Å². The van der Waals surface area contributed by atoms with E-state index in [1.807, 2.05) is 24.3 Å². The molecular formula is C23H27F2IN4O3. The molecule has 0 saturated carbocycles. The molecule has 2 aromatic rings. The lowest BCUT2D eigenvalue weighted by Crippen LogP contribution is -2.54. The summed E-state index contributed by atoms with van der Waals surface area (Å²) < 4.78 is 28.4. The van der Waals surface area contributed by atoms with Gasteiger partial charge in [0.15, 0.2) is 0 Å². The monoisotopic (exact) mass is 572 g/mol. The van der Waals surface area contributed by atoms with E-state index in [1.165, 1.54) is 12.1 Å². The molecule has 3 rings (SSSR count). The van der Waals surface area contributed by atoms with Gasteiger partial charge in [-0.2, -0.15) is 0 Å². The van der Waals surface area contributed by atoms with Gasteiger partial charge >= 0.3 is 0 Å². The van der Waals surface area contributed by atoms with Gasteiger partial charge in [-0.1, -0.05) is 12.1 Å². The Labute approximate surface area is 205 Å². The molecule has 0 aromatic heterocycles. The molecule has 1 aliphatic heterocycles. The lowest BCUT2D eigenvalue weighted by atomic mass is 10.0. The first-order valence-corrected chi connectivity index (χ1v) is 11.7.